The summed E-state index contributed by atoms with van der Waals surface area (Å²) in [7, 11) is 0. The van der Waals surface area contributed by atoms with Crippen molar-refractivity contribution in [2.24, 2.45) is 5.92 Å². The second kappa shape index (κ2) is 7.36. The van der Waals surface area contributed by atoms with Crippen LogP contribution in [0.2, 0.25) is 0 Å². The molecular weight excluding hydrogens is 316 g/mol. The Bertz CT molecular complexity index is 753. The van der Waals surface area contributed by atoms with Gasteiger partial charge >= 0.3 is 11.7 Å². The second-order valence-corrected chi connectivity index (χ2v) is 5.34. The van der Waals surface area contributed by atoms with Crippen LogP contribution in [-0.4, -0.2) is 31.7 Å². The van der Waals surface area contributed by atoms with Gasteiger partial charge < -0.3 is 10.4 Å². The Kier molecular flexibility index (Phi) is 5.25. The Morgan fingerprint density at radius 2 is 2.04 bits per heavy atom. The van der Waals surface area contributed by atoms with E-state index in [0.29, 0.717) is 12.1 Å². The van der Waals surface area contributed by atoms with E-state index in [0.717, 1.165) is 11.8 Å². The van der Waals surface area contributed by atoms with E-state index in [4.69, 9.17) is 5.11 Å². The van der Waals surface area contributed by atoms with Gasteiger partial charge in [0.1, 0.15) is 18.9 Å². The standard InChI is InChI=1S/C15H16N4O5/c1-10(15(21)22)6-11-2-4-12(5-3-11)17-14(20)9-18-8-13(7-16-18)19(23)24/h2-5,7-8,10H,6,9H2,1H3,(H,17,20)(H,21,22). The van der Waals surface area contributed by atoms with Crippen LogP contribution in [0.15, 0.2) is 36.7 Å². The van der Waals surface area contributed by atoms with Gasteiger partial charge in [-0.15, -0.1) is 0 Å². The van der Waals surface area contributed by atoms with E-state index in [2.05, 4.69) is 10.4 Å². The van der Waals surface area contributed by atoms with Crippen LogP contribution in [0.5, 0.6) is 0 Å². The topological polar surface area (TPSA) is 127 Å². The number of rotatable bonds is 7. The van der Waals surface area contributed by atoms with E-state index >= 15 is 0 Å². The van der Waals surface area contributed by atoms with E-state index < -0.39 is 16.8 Å². The molecule has 1 amide bonds. The number of aromatic nitrogens is 2. The average Bonchev–Trinajstić information content (AvgIpc) is 2.97. The molecule has 0 spiro atoms. The Morgan fingerprint density at radius 3 is 2.58 bits per heavy atom. The maximum absolute atomic E-state index is 11.9. The summed E-state index contributed by atoms with van der Waals surface area (Å²) in [5, 5.41) is 25.8. The lowest BCUT2D eigenvalue weighted by molar-refractivity contribution is -0.385. The van der Waals surface area contributed by atoms with Crippen molar-refractivity contribution in [2.75, 3.05) is 5.32 Å². The first-order valence-corrected chi connectivity index (χ1v) is 7.13. The zero-order chi connectivity index (χ0) is 17.7. The van der Waals surface area contributed by atoms with Gasteiger partial charge in [-0.25, -0.2) is 0 Å². The first-order chi connectivity index (χ1) is 11.3. The van der Waals surface area contributed by atoms with Gasteiger partial charge in [0.2, 0.25) is 5.91 Å². The highest BCUT2D eigenvalue weighted by molar-refractivity contribution is 5.90. The maximum atomic E-state index is 11.9. The van der Waals surface area contributed by atoms with E-state index in [1.807, 2.05) is 0 Å². The highest BCUT2D eigenvalue weighted by atomic mass is 16.6. The first-order valence-electron chi connectivity index (χ1n) is 7.13. The number of nitro groups is 1. The summed E-state index contributed by atoms with van der Waals surface area (Å²) in [4.78, 5) is 32.7. The number of hydrogen-bond acceptors (Lipinski definition) is 5. The SMILES string of the molecule is CC(Cc1ccc(NC(=O)Cn2cc([N+](=O)[O-])cn2)cc1)C(=O)O. The molecule has 9 heteroatoms. The molecule has 1 unspecified atom stereocenters. The van der Waals surface area contributed by atoms with Crippen LogP contribution >= 0.6 is 0 Å². The molecule has 1 heterocycles. The van der Waals surface area contributed by atoms with Crippen molar-refractivity contribution in [1.82, 2.24) is 9.78 Å². The van der Waals surface area contributed by atoms with Crippen LogP contribution in [0, 0.1) is 16.0 Å². The van der Waals surface area contributed by atoms with Crippen molar-refractivity contribution in [1.29, 1.82) is 0 Å². The van der Waals surface area contributed by atoms with Crippen molar-refractivity contribution < 1.29 is 19.6 Å². The Hall–Kier alpha value is -3.23. The molecule has 0 fully saturated rings. The number of amides is 1. The molecule has 24 heavy (non-hydrogen) atoms. The minimum absolute atomic E-state index is 0.147. The number of carbonyl (C=O) groups is 2. The predicted molar refractivity (Wildman–Crippen MR) is 84.5 cm³/mol. The van der Waals surface area contributed by atoms with Gasteiger partial charge in [0.25, 0.3) is 0 Å². The Labute approximate surface area is 137 Å². The van der Waals surface area contributed by atoms with Gasteiger partial charge in [-0.3, -0.25) is 24.4 Å². The van der Waals surface area contributed by atoms with Crippen LogP contribution in [0.4, 0.5) is 11.4 Å². The van der Waals surface area contributed by atoms with Gasteiger partial charge in [-0.2, -0.15) is 5.10 Å². The lowest BCUT2D eigenvalue weighted by atomic mass is 10.0. The average molecular weight is 332 g/mol. The molecular formula is C15H16N4O5. The summed E-state index contributed by atoms with van der Waals surface area (Å²) in [6.45, 7) is 1.48. The Balaban J connectivity index is 1.91. The summed E-state index contributed by atoms with van der Waals surface area (Å²) < 4.78 is 1.18. The fourth-order valence-corrected chi connectivity index (χ4v) is 2.05. The van der Waals surface area contributed by atoms with Gasteiger partial charge in [-0.1, -0.05) is 19.1 Å². The van der Waals surface area contributed by atoms with E-state index in [-0.39, 0.29) is 18.1 Å². The fraction of sp³-hybridized carbons (Fsp3) is 0.267. The minimum Gasteiger partial charge on any atom is -0.481 e. The summed E-state index contributed by atoms with van der Waals surface area (Å²) in [6, 6.07) is 6.84. The number of carboxylic acid groups (broad SMARTS) is 1. The van der Waals surface area contributed by atoms with Crippen molar-refractivity contribution in [3.8, 4) is 0 Å². The third kappa shape index (κ3) is 4.63. The predicted octanol–water partition coefficient (Wildman–Crippen LogP) is 1.69. The molecule has 0 aliphatic rings. The van der Waals surface area contributed by atoms with Crippen LogP contribution in [0.1, 0.15) is 12.5 Å². The highest BCUT2D eigenvalue weighted by Gasteiger charge is 2.13. The largest absolute Gasteiger partial charge is 0.481 e. The quantitative estimate of drug-likeness (QED) is 0.586. The van der Waals surface area contributed by atoms with Crippen molar-refractivity contribution in [3.05, 3.63) is 52.3 Å². The summed E-state index contributed by atoms with van der Waals surface area (Å²) >= 11 is 0. The monoisotopic (exact) mass is 332 g/mol. The van der Waals surface area contributed by atoms with Crippen LogP contribution in [0.3, 0.4) is 0 Å². The molecule has 1 aromatic heterocycles. The number of aliphatic carboxylic acids is 1. The number of benzene rings is 1. The molecule has 9 nitrogen and oxygen atoms in total. The molecule has 0 saturated heterocycles. The van der Waals surface area contributed by atoms with Crippen LogP contribution < -0.4 is 5.32 Å². The first kappa shape index (κ1) is 17.1. The number of carbonyl (C=O) groups excluding carboxylic acids is 1. The number of carboxylic acids is 1. The van der Waals surface area contributed by atoms with E-state index in [1.54, 1.807) is 31.2 Å². The fourth-order valence-electron chi connectivity index (χ4n) is 2.05. The molecule has 0 radical (unpaired) electrons. The smallest absolute Gasteiger partial charge is 0.307 e. The third-order valence-electron chi connectivity index (χ3n) is 3.34. The Morgan fingerprint density at radius 1 is 1.38 bits per heavy atom. The molecule has 2 rings (SSSR count). The number of anilines is 1. The number of nitrogens with one attached hydrogen (secondary N) is 1. The van der Waals surface area contributed by atoms with Crippen molar-refractivity contribution in [3.63, 3.8) is 0 Å². The zero-order valence-corrected chi connectivity index (χ0v) is 12.9. The van der Waals surface area contributed by atoms with Crippen LogP contribution in [-0.2, 0) is 22.6 Å². The molecule has 0 aliphatic carbocycles. The molecule has 0 aliphatic heterocycles. The zero-order valence-electron chi connectivity index (χ0n) is 12.9. The van der Waals surface area contributed by atoms with E-state index in [1.165, 1.54) is 10.9 Å². The molecule has 1 atom stereocenters. The van der Waals surface area contributed by atoms with Gasteiger partial charge in [0.05, 0.1) is 10.8 Å². The van der Waals surface area contributed by atoms with Gasteiger partial charge in [-0.05, 0) is 24.1 Å². The second-order valence-electron chi connectivity index (χ2n) is 5.34. The minimum atomic E-state index is -0.860. The lowest BCUT2D eigenvalue weighted by Crippen LogP contribution is -2.19. The summed E-state index contributed by atoms with van der Waals surface area (Å²) in [5.41, 5.74) is 1.22. The third-order valence-corrected chi connectivity index (χ3v) is 3.34. The number of nitrogens with zero attached hydrogens (tertiary/aromatic N) is 3. The van der Waals surface area contributed by atoms with Crippen LogP contribution in [0.25, 0.3) is 0 Å². The molecule has 2 aromatic rings. The molecule has 126 valence electrons. The molecule has 0 saturated carbocycles. The van der Waals surface area contributed by atoms with Crippen molar-refractivity contribution in [2.45, 2.75) is 19.9 Å². The molecule has 1 aromatic carbocycles. The number of hydrogen-bond donors (Lipinski definition) is 2. The molecule has 2 N–H and O–H groups in total. The maximum Gasteiger partial charge on any atom is 0.307 e. The van der Waals surface area contributed by atoms with Crippen molar-refractivity contribution >= 4 is 23.3 Å². The highest BCUT2D eigenvalue weighted by Crippen LogP contribution is 2.14. The lowest BCUT2D eigenvalue weighted by Gasteiger charge is -2.08. The van der Waals surface area contributed by atoms with Gasteiger partial charge in [0.15, 0.2) is 0 Å². The summed E-state index contributed by atoms with van der Waals surface area (Å²) in [5.74, 6) is -1.72. The van der Waals surface area contributed by atoms with E-state index in [9.17, 15) is 19.7 Å². The molecule has 0 bridgehead atoms. The summed E-state index contributed by atoms with van der Waals surface area (Å²) in [6.07, 6.45) is 2.65. The normalized spacial score (nSPS) is 11.7. The van der Waals surface area contributed by atoms with Gasteiger partial charge in [0, 0.05) is 5.69 Å².